The lowest BCUT2D eigenvalue weighted by Gasteiger charge is -2.08. The molecule has 0 saturated heterocycles. The molecule has 0 atom stereocenters. The Morgan fingerprint density at radius 3 is 1.27 bits per heavy atom. The normalized spacial score (nSPS) is 10.4. The van der Waals surface area contributed by atoms with Crippen LogP contribution in [0.15, 0.2) is 24.3 Å². The molecule has 0 aromatic carbocycles. The number of aromatic nitrogens is 2. The van der Waals surface area contributed by atoms with Gasteiger partial charge in [-0.05, 0) is 0 Å². The van der Waals surface area contributed by atoms with Crippen LogP contribution in [-0.2, 0) is 9.59 Å². The Kier molecular flexibility index (Phi) is 4.11. The quantitative estimate of drug-likeness (QED) is 0.578. The SMILES string of the molecule is O=C(CCC(=O)On1c(O)ccc1O)On1c(O)ccc1O. The van der Waals surface area contributed by atoms with Crippen molar-refractivity contribution in [3.05, 3.63) is 24.3 Å². The number of nitrogens with zero attached hydrogens (tertiary/aromatic N) is 2. The summed E-state index contributed by atoms with van der Waals surface area (Å²) in [6.45, 7) is 0. The number of hydrogen-bond acceptors (Lipinski definition) is 8. The smallest absolute Gasteiger partial charge is 0.333 e. The number of hydrogen-bond donors (Lipinski definition) is 4. The minimum absolute atomic E-state index is 0.418. The van der Waals surface area contributed by atoms with Gasteiger partial charge in [0.25, 0.3) is 0 Å². The van der Waals surface area contributed by atoms with E-state index < -0.39 is 48.3 Å². The largest absolute Gasteiger partial charge is 0.492 e. The zero-order valence-electron chi connectivity index (χ0n) is 11.0. The van der Waals surface area contributed by atoms with E-state index in [4.69, 9.17) is 0 Å². The maximum atomic E-state index is 11.5. The summed E-state index contributed by atoms with van der Waals surface area (Å²) in [7, 11) is 0. The van der Waals surface area contributed by atoms with Crippen molar-refractivity contribution in [2.75, 3.05) is 0 Å². The highest BCUT2D eigenvalue weighted by Crippen LogP contribution is 2.20. The first-order valence-corrected chi connectivity index (χ1v) is 6.00. The van der Waals surface area contributed by atoms with Gasteiger partial charge in [0.15, 0.2) is 0 Å². The van der Waals surface area contributed by atoms with Gasteiger partial charge in [0.1, 0.15) is 0 Å². The first-order valence-electron chi connectivity index (χ1n) is 6.00. The van der Waals surface area contributed by atoms with Crippen LogP contribution in [0.4, 0.5) is 0 Å². The fourth-order valence-electron chi connectivity index (χ4n) is 1.49. The lowest BCUT2D eigenvalue weighted by atomic mass is 10.3. The van der Waals surface area contributed by atoms with Crippen LogP contribution in [0, 0.1) is 0 Å². The molecule has 0 aliphatic carbocycles. The zero-order chi connectivity index (χ0) is 16.3. The Bertz CT molecular complexity index is 603. The molecule has 0 amide bonds. The van der Waals surface area contributed by atoms with Crippen LogP contribution in [0.2, 0.25) is 0 Å². The van der Waals surface area contributed by atoms with Gasteiger partial charge in [-0.3, -0.25) is 0 Å². The van der Waals surface area contributed by atoms with Crippen LogP contribution in [0.25, 0.3) is 0 Å². The van der Waals surface area contributed by atoms with Crippen molar-refractivity contribution in [2.24, 2.45) is 0 Å². The van der Waals surface area contributed by atoms with Crippen LogP contribution < -0.4 is 9.68 Å². The van der Waals surface area contributed by atoms with E-state index in [2.05, 4.69) is 9.68 Å². The second-order valence-corrected chi connectivity index (χ2v) is 4.11. The van der Waals surface area contributed by atoms with Gasteiger partial charge in [-0.15, -0.1) is 9.46 Å². The summed E-state index contributed by atoms with van der Waals surface area (Å²) in [6.07, 6.45) is -0.836. The maximum Gasteiger partial charge on any atom is 0.333 e. The van der Waals surface area contributed by atoms with E-state index in [-0.39, 0.29) is 0 Å². The summed E-state index contributed by atoms with van der Waals surface area (Å²) in [6, 6.07) is 4.42. The van der Waals surface area contributed by atoms with E-state index in [0.717, 1.165) is 24.3 Å². The third-order valence-corrected chi connectivity index (χ3v) is 2.51. The van der Waals surface area contributed by atoms with Gasteiger partial charge in [0, 0.05) is 24.3 Å². The van der Waals surface area contributed by atoms with Gasteiger partial charge in [0.05, 0.1) is 12.8 Å². The molecule has 4 N–H and O–H groups in total. The first-order chi connectivity index (χ1) is 10.4. The molecule has 0 saturated carbocycles. The van der Waals surface area contributed by atoms with Crippen molar-refractivity contribution in [3.8, 4) is 23.5 Å². The number of carbonyl (C=O) groups excluding carboxylic acids is 2. The Balaban J connectivity index is 1.85. The highest BCUT2D eigenvalue weighted by molar-refractivity contribution is 5.78. The van der Waals surface area contributed by atoms with Crippen LogP contribution >= 0.6 is 0 Å². The first kappa shape index (κ1) is 15.1. The summed E-state index contributed by atoms with van der Waals surface area (Å²) in [5.41, 5.74) is 0. The molecule has 2 aromatic heterocycles. The van der Waals surface area contributed by atoms with Gasteiger partial charge >= 0.3 is 11.9 Å². The average Bonchev–Trinajstić information content (AvgIpc) is 2.95. The molecule has 0 bridgehead atoms. The predicted octanol–water partition coefficient (Wildman–Crippen LogP) is -0.497. The molecule has 0 fully saturated rings. The van der Waals surface area contributed by atoms with E-state index >= 15 is 0 Å². The summed E-state index contributed by atoms with van der Waals surface area (Å²) < 4.78 is 0.967. The predicted molar refractivity (Wildman–Crippen MR) is 67.9 cm³/mol. The molecule has 2 rings (SSSR count). The van der Waals surface area contributed by atoms with Gasteiger partial charge in [-0.1, -0.05) is 0 Å². The number of carbonyl (C=O) groups is 2. The van der Waals surface area contributed by atoms with Gasteiger partial charge in [-0.2, -0.15) is 0 Å². The van der Waals surface area contributed by atoms with Gasteiger partial charge in [-0.25, -0.2) is 9.59 Å². The molecule has 2 heterocycles. The van der Waals surface area contributed by atoms with Crippen molar-refractivity contribution in [1.82, 2.24) is 9.46 Å². The van der Waals surface area contributed by atoms with Crippen LogP contribution in [0.1, 0.15) is 12.8 Å². The molecule has 0 aliphatic rings. The molecule has 0 spiro atoms. The highest BCUT2D eigenvalue weighted by Gasteiger charge is 2.16. The third kappa shape index (κ3) is 3.23. The van der Waals surface area contributed by atoms with E-state index in [9.17, 15) is 30.0 Å². The Morgan fingerprint density at radius 1 is 0.727 bits per heavy atom. The Hall–Kier alpha value is -3.30. The molecular weight excluding hydrogens is 300 g/mol. The summed E-state index contributed by atoms with van der Waals surface area (Å²) in [5, 5.41) is 37.1. The molecule has 118 valence electrons. The fraction of sp³-hybridized carbons (Fsp3) is 0.167. The lowest BCUT2D eigenvalue weighted by molar-refractivity contribution is -0.152. The number of aromatic hydroxyl groups is 4. The van der Waals surface area contributed by atoms with Gasteiger partial charge < -0.3 is 30.1 Å². The highest BCUT2D eigenvalue weighted by atomic mass is 16.7. The van der Waals surface area contributed by atoms with Crippen LogP contribution in [0.3, 0.4) is 0 Å². The van der Waals surface area contributed by atoms with Crippen LogP contribution in [0.5, 0.6) is 23.5 Å². The molecule has 2 aromatic rings. The van der Waals surface area contributed by atoms with Crippen molar-refractivity contribution in [3.63, 3.8) is 0 Å². The topological polar surface area (TPSA) is 143 Å². The van der Waals surface area contributed by atoms with E-state index in [1.165, 1.54) is 0 Å². The maximum absolute atomic E-state index is 11.5. The summed E-state index contributed by atoms with van der Waals surface area (Å²) in [5.74, 6) is -3.79. The standard InChI is InChI=1S/C12H12N2O8/c15-7-1-2-8(16)13(7)21-11(19)5-6-12(20)22-14-9(17)3-4-10(14)18/h1-4,15-18H,5-6H2. The summed E-state index contributed by atoms with van der Waals surface area (Å²) in [4.78, 5) is 32.2. The molecule has 0 unspecified atom stereocenters. The fourth-order valence-corrected chi connectivity index (χ4v) is 1.49. The van der Waals surface area contributed by atoms with Crippen molar-refractivity contribution < 1.29 is 39.7 Å². The zero-order valence-corrected chi connectivity index (χ0v) is 11.0. The molecule has 10 nitrogen and oxygen atoms in total. The monoisotopic (exact) mass is 312 g/mol. The average molecular weight is 312 g/mol. The molecular formula is C12H12N2O8. The van der Waals surface area contributed by atoms with Crippen molar-refractivity contribution in [2.45, 2.75) is 12.8 Å². The Morgan fingerprint density at radius 2 is 1.00 bits per heavy atom. The molecule has 0 radical (unpaired) electrons. The van der Waals surface area contributed by atoms with Crippen molar-refractivity contribution >= 4 is 11.9 Å². The van der Waals surface area contributed by atoms with E-state index in [1.807, 2.05) is 0 Å². The lowest BCUT2D eigenvalue weighted by Crippen LogP contribution is -2.23. The van der Waals surface area contributed by atoms with Crippen LogP contribution in [-0.4, -0.2) is 41.8 Å². The number of rotatable bonds is 5. The van der Waals surface area contributed by atoms with E-state index in [0.29, 0.717) is 9.46 Å². The summed E-state index contributed by atoms with van der Waals surface area (Å²) >= 11 is 0. The Labute approximate surface area is 122 Å². The third-order valence-electron chi connectivity index (χ3n) is 2.51. The van der Waals surface area contributed by atoms with E-state index in [1.54, 1.807) is 0 Å². The molecule has 0 aliphatic heterocycles. The minimum Gasteiger partial charge on any atom is -0.492 e. The second kappa shape index (κ2) is 5.99. The molecule has 22 heavy (non-hydrogen) atoms. The molecule has 10 heteroatoms. The van der Waals surface area contributed by atoms with Crippen molar-refractivity contribution in [1.29, 1.82) is 0 Å². The second-order valence-electron chi connectivity index (χ2n) is 4.11. The van der Waals surface area contributed by atoms with Gasteiger partial charge in [0.2, 0.25) is 23.5 Å². The minimum atomic E-state index is -0.917.